The molecule has 29 heavy (non-hydrogen) atoms. The van der Waals surface area contributed by atoms with Crippen LogP contribution >= 0.6 is 23.1 Å². The number of rotatable bonds is 4. The number of nitriles is 1. The topological polar surface area (TPSA) is 69.9 Å². The Kier molecular flexibility index (Phi) is 5.65. The van der Waals surface area contributed by atoms with E-state index in [1.807, 2.05) is 23.1 Å². The third-order valence-corrected chi connectivity index (χ3v) is 6.97. The molecule has 1 amide bonds. The third-order valence-electron chi connectivity index (χ3n) is 5.01. The number of amides is 1. The Hall–Kier alpha value is -2.69. The van der Waals surface area contributed by atoms with Crippen molar-refractivity contribution < 1.29 is 4.79 Å². The lowest BCUT2D eigenvalue weighted by molar-refractivity contribution is -0.130. The normalized spacial score (nSPS) is 15.6. The first-order valence-corrected chi connectivity index (χ1v) is 11.2. The van der Waals surface area contributed by atoms with Gasteiger partial charge in [0.1, 0.15) is 22.5 Å². The van der Waals surface area contributed by atoms with Crippen LogP contribution in [0.5, 0.6) is 0 Å². The van der Waals surface area contributed by atoms with Crippen molar-refractivity contribution in [1.29, 1.82) is 5.26 Å². The highest BCUT2D eigenvalue weighted by Crippen LogP contribution is 2.38. The summed E-state index contributed by atoms with van der Waals surface area (Å²) in [4.78, 5) is 25.2. The number of thioether (sulfide) groups is 1. The monoisotopic (exact) mass is 420 g/mol. The molecule has 0 spiro atoms. The Morgan fingerprint density at radius 2 is 2.07 bits per heavy atom. The summed E-state index contributed by atoms with van der Waals surface area (Å²) in [5.41, 5.74) is 3.44. The van der Waals surface area contributed by atoms with Gasteiger partial charge in [-0.25, -0.2) is 9.97 Å². The van der Waals surface area contributed by atoms with Gasteiger partial charge in [-0.3, -0.25) is 4.79 Å². The standard InChI is InChI=1S/C22H20N4OS2/c1-14-18(12-23)22(25-15(2)24-14)29-13-20(27)26-10-8-19-17(9-11-28-19)21(26)16-6-4-3-5-7-16/h3-7,9,11,21H,8,10,13H2,1-2H3. The second kappa shape index (κ2) is 8.36. The van der Waals surface area contributed by atoms with E-state index in [0.29, 0.717) is 28.7 Å². The number of thiophene rings is 1. The van der Waals surface area contributed by atoms with Crippen molar-refractivity contribution in [2.24, 2.45) is 0 Å². The average molecular weight is 421 g/mol. The minimum atomic E-state index is -0.0661. The second-order valence-electron chi connectivity index (χ2n) is 6.89. The van der Waals surface area contributed by atoms with Crippen LogP contribution in [0.2, 0.25) is 0 Å². The summed E-state index contributed by atoms with van der Waals surface area (Å²) in [5, 5.41) is 12.1. The average Bonchev–Trinajstić information content (AvgIpc) is 3.20. The van der Waals surface area contributed by atoms with Gasteiger partial charge in [0.25, 0.3) is 0 Å². The fraction of sp³-hybridized carbons (Fsp3) is 0.273. The molecule has 0 saturated carbocycles. The van der Waals surface area contributed by atoms with Crippen molar-refractivity contribution in [3.8, 4) is 6.07 Å². The molecule has 146 valence electrons. The van der Waals surface area contributed by atoms with E-state index in [0.717, 1.165) is 12.0 Å². The molecule has 7 heteroatoms. The number of aryl methyl sites for hydroxylation is 2. The summed E-state index contributed by atoms with van der Waals surface area (Å²) in [7, 11) is 0. The largest absolute Gasteiger partial charge is 0.330 e. The van der Waals surface area contributed by atoms with Crippen LogP contribution in [0.4, 0.5) is 0 Å². The van der Waals surface area contributed by atoms with Crippen LogP contribution in [0.3, 0.4) is 0 Å². The van der Waals surface area contributed by atoms with Gasteiger partial charge in [0.2, 0.25) is 5.91 Å². The lowest BCUT2D eigenvalue weighted by Crippen LogP contribution is -2.41. The molecular weight excluding hydrogens is 400 g/mol. The Labute approximate surface area is 178 Å². The fourth-order valence-corrected chi connectivity index (χ4v) is 5.57. The first kappa shape index (κ1) is 19.6. The molecule has 0 fully saturated rings. The highest BCUT2D eigenvalue weighted by molar-refractivity contribution is 8.00. The van der Waals surface area contributed by atoms with Crippen molar-refractivity contribution >= 4 is 29.0 Å². The molecule has 0 radical (unpaired) electrons. The quantitative estimate of drug-likeness (QED) is 0.465. The van der Waals surface area contributed by atoms with Crippen LogP contribution in [0.15, 0.2) is 46.8 Å². The molecular formula is C22H20N4OS2. The predicted molar refractivity (Wildman–Crippen MR) is 115 cm³/mol. The summed E-state index contributed by atoms with van der Waals surface area (Å²) in [6.45, 7) is 4.29. The number of aromatic nitrogens is 2. The van der Waals surface area contributed by atoms with E-state index in [1.165, 1.54) is 22.2 Å². The van der Waals surface area contributed by atoms with Gasteiger partial charge in [-0.05, 0) is 42.8 Å². The predicted octanol–water partition coefficient (Wildman–Crippen LogP) is 4.29. The zero-order valence-electron chi connectivity index (χ0n) is 16.3. The lowest BCUT2D eigenvalue weighted by Gasteiger charge is -2.36. The van der Waals surface area contributed by atoms with E-state index >= 15 is 0 Å². The molecule has 1 aliphatic heterocycles. The van der Waals surface area contributed by atoms with E-state index in [4.69, 9.17) is 0 Å². The van der Waals surface area contributed by atoms with E-state index in [-0.39, 0.29) is 17.7 Å². The smallest absolute Gasteiger partial charge is 0.233 e. The van der Waals surface area contributed by atoms with Crippen LogP contribution in [-0.2, 0) is 11.2 Å². The fourth-order valence-electron chi connectivity index (χ4n) is 3.71. The number of hydrogen-bond acceptors (Lipinski definition) is 6. The maximum absolute atomic E-state index is 13.2. The van der Waals surface area contributed by atoms with Gasteiger partial charge in [-0.1, -0.05) is 42.1 Å². The van der Waals surface area contributed by atoms with E-state index < -0.39 is 0 Å². The maximum Gasteiger partial charge on any atom is 0.233 e. The van der Waals surface area contributed by atoms with Gasteiger partial charge in [0.05, 0.1) is 17.5 Å². The van der Waals surface area contributed by atoms with Gasteiger partial charge < -0.3 is 4.90 Å². The Balaban J connectivity index is 1.59. The highest BCUT2D eigenvalue weighted by Gasteiger charge is 2.32. The molecule has 1 aromatic carbocycles. The van der Waals surface area contributed by atoms with Crippen LogP contribution < -0.4 is 0 Å². The van der Waals surface area contributed by atoms with Crippen LogP contribution in [0, 0.1) is 25.2 Å². The van der Waals surface area contributed by atoms with Crippen molar-refractivity contribution in [3.05, 3.63) is 74.9 Å². The van der Waals surface area contributed by atoms with Gasteiger partial charge in [0, 0.05) is 11.4 Å². The zero-order chi connectivity index (χ0) is 20.4. The number of nitrogens with zero attached hydrogens (tertiary/aromatic N) is 4. The van der Waals surface area contributed by atoms with Crippen molar-refractivity contribution in [2.45, 2.75) is 31.3 Å². The molecule has 4 rings (SSSR count). The molecule has 0 bridgehead atoms. The molecule has 0 aliphatic carbocycles. The molecule has 0 N–H and O–H groups in total. The number of hydrogen-bond donors (Lipinski definition) is 0. The zero-order valence-corrected chi connectivity index (χ0v) is 17.9. The first-order chi connectivity index (χ1) is 14.1. The minimum absolute atomic E-state index is 0.0542. The molecule has 1 aliphatic rings. The lowest BCUT2D eigenvalue weighted by atomic mass is 9.93. The van der Waals surface area contributed by atoms with Crippen LogP contribution in [0.25, 0.3) is 0 Å². The summed E-state index contributed by atoms with van der Waals surface area (Å²) >= 11 is 3.08. The van der Waals surface area contributed by atoms with Crippen LogP contribution in [0.1, 0.15) is 39.1 Å². The van der Waals surface area contributed by atoms with Gasteiger partial charge in [0.15, 0.2) is 0 Å². The Morgan fingerprint density at radius 1 is 1.28 bits per heavy atom. The molecule has 5 nitrogen and oxygen atoms in total. The Morgan fingerprint density at radius 3 is 2.83 bits per heavy atom. The van der Waals surface area contributed by atoms with Crippen LogP contribution in [-0.4, -0.2) is 33.1 Å². The van der Waals surface area contributed by atoms with E-state index in [9.17, 15) is 10.1 Å². The molecule has 1 atom stereocenters. The summed E-state index contributed by atoms with van der Waals surface area (Å²) < 4.78 is 0. The molecule has 2 aromatic heterocycles. The number of carbonyl (C=O) groups excluding carboxylic acids is 1. The Bertz CT molecular complexity index is 1090. The number of carbonyl (C=O) groups is 1. The summed E-state index contributed by atoms with van der Waals surface area (Å²) in [5.74, 6) is 0.908. The van der Waals surface area contributed by atoms with Gasteiger partial charge >= 0.3 is 0 Å². The molecule has 0 saturated heterocycles. The van der Waals surface area contributed by atoms with E-state index in [2.05, 4.69) is 39.6 Å². The molecule has 3 aromatic rings. The SMILES string of the molecule is Cc1nc(C)c(C#N)c(SCC(=O)N2CCc3sccc3C2c2ccccc2)n1. The molecule has 3 heterocycles. The summed E-state index contributed by atoms with van der Waals surface area (Å²) in [6, 6.07) is 14.4. The minimum Gasteiger partial charge on any atom is -0.330 e. The maximum atomic E-state index is 13.2. The summed E-state index contributed by atoms with van der Waals surface area (Å²) in [6.07, 6.45) is 0.877. The third kappa shape index (κ3) is 3.91. The number of fused-ring (bicyclic) bond motifs is 1. The van der Waals surface area contributed by atoms with Crippen molar-refractivity contribution in [3.63, 3.8) is 0 Å². The second-order valence-corrected chi connectivity index (χ2v) is 8.85. The van der Waals surface area contributed by atoms with E-state index in [1.54, 1.807) is 25.2 Å². The number of benzene rings is 1. The van der Waals surface area contributed by atoms with Gasteiger partial charge in [-0.2, -0.15) is 5.26 Å². The molecule has 1 unspecified atom stereocenters. The van der Waals surface area contributed by atoms with Crippen molar-refractivity contribution in [1.82, 2.24) is 14.9 Å². The van der Waals surface area contributed by atoms with Crippen molar-refractivity contribution in [2.75, 3.05) is 12.3 Å². The highest BCUT2D eigenvalue weighted by atomic mass is 32.2. The van der Waals surface area contributed by atoms with Gasteiger partial charge in [-0.15, -0.1) is 11.3 Å². The first-order valence-electron chi connectivity index (χ1n) is 9.37.